The predicted molar refractivity (Wildman–Crippen MR) is 48.0 cm³/mol. The molecule has 0 saturated carbocycles. The summed E-state index contributed by atoms with van der Waals surface area (Å²) in [5, 5.41) is 0. The molecule has 58 valence electrons. The van der Waals surface area contributed by atoms with Gasteiger partial charge in [-0.2, -0.15) is 0 Å². The van der Waals surface area contributed by atoms with Gasteiger partial charge in [-0.1, -0.05) is 45.6 Å². The average molecular weight is 138 g/mol. The number of hydrogen-bond acceptors (Lipinski definition) is 0. The van der Waals surface area contributed by atoms with E-state index in [1.54, 1.807) is 0 Å². The maximum atomic E-state index is 3.62. The van der Waals surface area contributed by atoms with Crippen LogP contribution in [0.2, 0.25) is 0 Å². The van der Waals surface area contributed by atoms with Crippen molar-refractivity contribution in [2.24, 2.45) is 11.8 Å². The van der Waals surface area contributed by atoms with Crippen LogP contribution in [0.25, 0.3) is 0 Å². The Morgan fingerprint density at radius 2 is 1.90 bits per heavy atom. The molecule has 0 aliphatic rings. The predicted octanol–water partition coefficient (Wildman–Crippen LogP) is 3.41. The maximum Gasteiger partial charge on any atom is -0.0256 e. The Labute approximate surface area is 64.6 Å². The highest BCUT2D eigenvalue weighted by molar-refractivity contribution is 4.99. The number of allylic oxidation sites excluding steroid dienone is 3. The molecule has 0 aromatic carbocycles. The molecule has 1 unspecified atom stereocenters. The van der Waals surface area contributed by atoms with Gasteiger partial charge in [-0.05, 0) is 18.3 Å². The summed E-state index contributed by atoms with van der Waals surface area (Å²) in [6, 6.07) is 0. The molecule has 0 aliphatic carbocycles. The van der Waals surface area contributed by atoms with E-state index in [1.165, 1.54) is 6.42 Å². The fourth-order valence-corrected chi connectivity index (χ4v) is 1.09. The smallest absolute Gasteiger partial charge is 0.0256 e. The fourth-order valence-electron chi connectivity index (χ4n) is 1.09. The standard InChI is InChI=1S/C10H18/c1-5-6-7-10(4)8-9(2)3/h5-7,9-10H,1,8H2,2-4H3. The van der Waals surface area contributed by atoms with Gasteiger partial charge in [0, 0.05) is 0 Å². The first kappa shape index (κ1) is 9.48. The monoisotopic (exact) mass is 138 g/mol. The fraction of sp³-hybridized carbons (Fsp3) is 0.600. The van der Waals surface area contributed by atoms with Crippen molar-refractivity contribution in [1.29, 1.82) is 0 Å². The summed E-state index contributed by atoms with van der Waals surface area (Å²) < 4.78 is 0. The molecule has 0 bridgehead atoms. The summed E-state index contributed by atoms with van der Waals surface area (Å²) in [6.45, 7) is 10.4. The minimum absolute atomic E-state index is 0.693. The average Bonchev–Trinajstić information content (AvgIpc) is 1.82. The molecule has 1 atom stereocenters. The van der Waals surface area contributed by atoms with Crippen molar-refractivity contribution in [1.82, 2.24) is 0 Å². The largest absolute Gasteiger partial charge is 0.0991 e. The molecule has 0 aromatic rings. The summed E-state index contributed by atoms with van der Waals surface area (Å²) in [5.41, 5.74) is 0. The van der Waals surface area contributed by atoms with Crippen LogP contribution in [0.5, 0.6) is 0 Å². The van der Waals surface area contributed by atoms with Crippen molar-refractivity contribution >= 4 is 0 Å². The lowest BCUT2D eigenvalue weighted by Crippen LogP contribution is -1.95. The second kappa shape index (κ2) is 5.28. The first-order chi connectivity index (χ1) is 4.66. The zero-order chi connectivity index (χ0) is 7.98. The van der Waals surface area contributed by atoms with Gasteiger partial charge >= 0.3 is 0 Å². The first-order valence-corrected chi connectivity index (χ1v) is 3.96. The Morgan fingerprint density at radius 3 is 2.30 bits per heavy atom. The Kier molecular flexibility index (Phi) is 5.00. The van der Waals surface area contributed by atoms with Crippen LogP contribution in [0.1, 0.15) is 27.2 Å². The molecule has 0 heteroatoms. The van der Waals surface area contributed by atoms with Gasteiger partial charge in [-0.25, -0.2) is 0 Å². The third kappa shape index (κ3) is 5.61. The van der Waals surface area contributed by atoms with Crippen molar-refractivity contribution in [2.45, 2.75) is 27.2 Å². The van der Waals surface area contributed by atoms with Crippen LogP contribution < -0.4 is 0 Å². The molecule has 0 rings (SSSR count). The summed E-state index contributed by atoms with van der Waals surface area (Å²) in [4.78, 5) is 0. The molecular weight excluding hydrogens is 120 g/mol. The highest BCUT2D eigenvalue weighted by Crippen LogP contribution is 2.11. The van der Waals surface area contributed by atoms with Crippen molar-refractivity contribution in [3.8, 4) is 0 Å². The first-order valence-electron chi connectivity index (χ1n) is 3.96. The molecule has 0 radical (unpaired) electrons. The summed E-state index contributed by atoms with van der Waals surface area (Å²) in [7, 11) is 0. The van der Waals surface area contributed by atoms with Gasteiger partial charge in [0.1, 0.15) is 0 Å². The van der Waals surface area contributed by atoms with Crippen molar-refractivity contribution in [3.05, 3.63) is 24.8 Å². The summed E-state index contributed by atoms with van der Waals surface area (Å²) in [6.07, 6.45) is 7.32. The zero-order valence-electron chi connectivity index (χ0n) is 7.30. The summed E-state index contributed by atoms with van der Waals surface area (Å²) in [5.74, 6) is 1.49. The van der Waals surface area contributed by atoms with Crippen molar-refractivity contribution in [3.63, 3.8) is 0 Å². The minimum atomic E-state index is 0.693. The van der Waals surface area contributed by atoms with E-state index < -0.39 is 0 Å². The van der Waals surface area contributed by atoms with Gasteiger partial charge in [0.25, 0.3) is 0 Å². The van der Waals surface area contributed by atoms with Crippen LogP contribution in [0.3, 0.4) is 0 Å². The van der Waals surface area contributed by atoms with E-state index in [0.717, 1.165) is 5.92 Å². The van der Waals surface area contributed by atoms with Crippen LogP contribution in [0.15, 0.2) is 24.8 Å². The quantitative estimate of drug-likeness (QED) is 0.522. The molecule has 0 spiro atoms. The highest BCUT2D eigenvalue weighted by Gasteiger charge is 1.98. The third-order valence-electron chi connectivity index (χ3n) is 1.42. The molecule has 0 saturated heterocycles. The van der Waals surface area contributed by atoms with Gasteiger partial charge in [0.05, 0.1) is 0 Å². The Bertz CT molecular complexity index is 109. The SMILES string of the molecule is C=CC=CC(C)CC(C)C. The summed E-state index contributed by atoms with van der Waals surface area (Å²) >= 11 is 0. The normalized spacial score (nSPS) is 14.4. The van der Waals surface area contributed by atoms with Crippen molar-refractivity contribution in [2.75, 3.05) is 0 Å². The lowest BCUT2D eigenvalue weighted by atomic mass is 9.99. The zero-order valence-corrected chi connectivity index (χ0v) is 7.30. The van der Waals surface area contributed by atoms with E-state index in [1.807, 2.05) is 12.2 Å². The second-order valence-corrected chi connectivity index (χ2v) is 3.23. The van der Waals surface area contributed by atoms with E-state index in [4.69, 9.17) is 0 Å². The van der Waals surface area contributed by atoms with Gasteiger partial charge in [0.15, 0.2) is 0 Å². The highest BCUT2D eigenvalue weighted by atomic mass is 14.0. The molecular formula is C10H18. The second-order valence-electron chi connectivity index (χ2n) is 3.23. The van der Waals surface area contributed by atoms with E-state index in [2.05, 4.69) is 33.4 Å². The molecule has 0 N–H and O–H groups in total. The molecule has 0 aliphatic heterocycles. The van der Waals surface area contributed by atoms with E-state index in [9.17, 15) is 0 Å². The number of rotatable bonds is 4. The minimum Gasteiger partial charge on any atom is -0.0991 e. The van der Waals surface area contributed by atoms with E-state index in [-0.39, 0.29) is 0 Å². The Morgan fingerprint density at radius 1 is 1.30 bits per heavy atom. The van der Waals surface area contributed by atoms with Gasteiger partial charge in [-0.15, -0.1) is 0 Å². The molecule has 0 fully saturated rings. The molecule has 10 heavy (non-hydrogen) atoms. The van der Waals surface area contributed by atoms with E-state index in [0.29, 0.717) is 5.92 Å². The Balaban J connectivity index is 3.52. The van der Waals surface area contributed by atoms with Crippen molar-refractivity contribution < 1.29 is 0 Å². The third-order valence-corrected chi connectivity index (χ3v) is 1.42. The molecule has 0 aromatic heterocycles. The van der Waals surface area contributed by atoms with E-state index >= 15 is 0 Å². The molecule has 0 heterocycles. The maximum absolute atomic E-state index is 3.62. The van der Waals surface area contributed by atoms with Gasteiger partial charge in [0.2, 0.25) is 0 Å². The van der Waals surface area contributed by atoms with Crippen LogP contribution in [0, 0.1) is 11.8 Å². The van der Waals surface area contributed by atoms with Gasteiger partial charge < -0.3 is 0 Å². The number of hydrogen-bond donors (Lipinski definition) is 0. The van der Waals surface area contributed by atoms with Crippen LogP contribution in [-0.4, -0.2) is 0 Å². The molecule has 0 nitrogen and oxygen atoms in total. The van der Waals surface area contributed by atoms with Crippen LogP contribution in [0.4, 0.5) is 0 Å². The lowest BCUT2D eigenvalue weighted by Gasteiger charge is -2.07. The lowest BCUT2D eigenvalue weighted by molar-refractivity contribution is 0.503. The Hall–Kier alpha value is -0.520. The van der Waals surface area contributed by atoms with Crippen LogP contribution >= 0.6 is 0 Å². The molecule has 0 amide bonds. The van der Waals surface area contributed by atoms with Gasteiger partial charge in [-0.3, -0.25) is 0 Å². The topological polar surface area (TPSA) is 0 Å². The van der Waals surface area contributed by atoms with Crippen LogP contribution in [-0.2, 0) is 0 Å².